The van der Waals surface area contributed by atoms with Crippen molar-refractivity contribution in [3.8, 4) is 5.75 Å². The van der Waals surface area contributed by atoms with Gasteiger partial charge < -0.3 is 19.5 Å². The molecule has 2 aromatic rings. The van der Waals surface area contributed by atoms with Crippen LogP contribution in [-0.4, -0.2) is 25.3 Å². The summed E-state index contributed by atoms with van der Waals surface area (Å²) < 4.78 is 30.0. The van der Waals surface area contributed by atoms with Crippen LogP contribution >= 0.6 is 0 Å². The first kappa shape index (κ1) is 17.9. The highest BCUT2D eigenvalue weighted by molar-refractivity contribution is 5.95. The monoisotopic (exact) mass is 359 g/mol. The number of hydrogen-bond acceptors (Lipinski definition) is 5. The van der Waals surface area contributed by atoms with E-state index >= 15 is 0 Å². The predicted molar refractivity (Wildman–Crippen MR) is 91.2 cm³/mol. The van der Waals surface area contributed by atoms with Crippen LogP contribution in [0.5, 0.6) is 5.75 Å². The Balaban J connectivity index is 2.15. The summed E-state index contributed by atoms with van der Waals surface area (Å²) >= 11 is 0. The first-order valence-electron chi connectivity index (χ1n) is 7.97. The van der Waals surface area contributed by atoms with Gasteiger partial charge >= 0.3 is 5.97 Å². The third kappa shape index (κ3) is 3.39. The standard InChI is InChI=1S/C19H18FNO5/c1-10-13(5-4-6-16(10)24-3)17-14-9-12(20)7-8-15(14)21-18(23)19(26-17)25-11(2)22/h4-9,17,19H,1-3H3,(H,21,23)/t17-,19+/m1/s1. The van der Waals surface area contributed by atoms with Gasteiger partial charge in [-0.3, -0.25) is 9.59 Å². The zero-order valence-electron chi connectivity index (χ0n) is 14.5. The summed E-state index contributed by atoms with van der Waals surface area (Å²) in [5, 5.41) is 2.61. The second kappa shape index (κ2) is 7.13. The van der Waals surface area contributed by atoms with E-state index in [2.05, 4.69) is 5.32 Å². The number of carbonyl (C=O) groups is 2. The first-order valence-corrected chi connectivity index (χ1v) is 7.97. The lowest BCUT2D eigenvalue weighted by atomic mass is 9.95. The summed E-state index contributed by atoms with van der Waals surface area (Å²) in [6, 6.07) is 9.32. The Morgan fingerprint density at radius 1 is 1.23 bits per heavy atom. The number of halogens is 1. The lowest BCUT2D eigenvalue weighted by molar-refractivity contribution is -0.187. The van der Waals surface area contributed by atoms with Gasteiger partial charge in [0.05, 0.1) is 7.11 Å². The van der Waals surface area contributed by atoms with Crippen LogP contribution in [0.4, 0.5) is 10.1 Å². The van der Waals surface area contributed by atoms with Gasteiger partial charge in [-0.15, -0.1) is 0 Å². The van der Waals surface area contributed by atoms with Crippen molar-refractivity contribution in [2.75, 3.05) is 12.4 Å². The van der Waals surface area contributed by atoms with Crippen molar-refractivity contribution in [3.05, 3.63) is 58.9 Å². The predicted octanol–water partition coefficient (Wildman–Crippen LogP) is 3.09. The van der Waals surface area contributed by atoms with Crippen molar-refractivity contribution in [1.82, 2.24) is 0 Å². The zero-order valence-corrected chi connectivity index (χ0v) is 14.5. The molecular formula is C19H18FNO5. The van der Waals surface area contributed by atoms with E-state index in [1.165, 1.54) is 25.1 Å². The van der Waals surface area contributed by atoms with Crippen LogP contribution < -0.4 is 10.1 Å². The summed E-state index contributed by atoms with van der Waals surface area (Å²) in [7, 11) is 1.54. The molecule has 0 spiro atoms. The molecule has 0 aromatic heterocycles. The van der Waals surface area contributed by atoms with Gasteiger partial charge in [-0.05, 0) is 42.3 Å². The Kier molecular flexibility index (Phi) is 4.90. The van der Waals surface area contributed by atoms with Gasteiger partial charge in [0, 0.05) is 18.2 Å². The molecule has 0 radical (unpaired) electrons. The molecule has 2 atom stereocenters. The number of fused-ring (bicyclic) bond motifs is 1. The van der Waals surface area contributed by atoms with Crippen LogP contribution in [0.15, 0.2) is 36.4 Å². The fraction of sp³-hybridized carbons (Fsp3) is 0.263. The quantitative estimate of drug-likeness (QED) is 0.853. The summed E-state index contributed by atoms with van der Waals surface area (Å²) in [5.74, 6) is -1.16. The van der Waals surface area contributed by atoms with Gasteiger partial charge in [-0.25, -0.2) is 4.39 Å². The van der Waals surface area contributed by atoms with E-state index in [-0.39, 0.29) is 0 Å². The zero-order chi connectivity index (χ0) is 18.8. The summed E-state index contributed by atoms with van der Waals surface area (Å²) in [5.41, 5.74) is 2.25. The third-order valence-electron chi connectivity index (χ3n) is 4.13. The van der Waals surface area contributed by atoms with Crippen molar-refractivity contribution < 1.29 is 28.2 Å². The maximum absolute atomic E-state index is 13.9. The summed E-state index contributed by atoms with van der Waals surface area (Å²) in [4.78, 5) is 23.7. The fourth-order valence-corrected chi connectivity index (χ4v) is 2.92. The van der Waals surface area contributed by atoms with Crippen molar-refractivity contribution in [1.29, 1.82) is 0 Å². The van der Waals surface area contributed by atoms with Gasteiger partial charge in [-0.1, -0.05) is 12.1 Å². The third-order valence-corrected chi connectivity index (χ3v) is 4.13. The molecule has 1 aliphatic rings. The van der Waals surface area contributed by atoms with Crippen molar-refractivity contribution in [2.45, 2.75) is 26.2 Å². The molecule has 0 saturated heterocycles. The molecule has 0 saturated carbocycles. The van der Waals surface area contributed by atoms with Crippen LogP contribution in [-0.2, 0) is 19.1 Å². The molecule has 6 nitrogen and oxygen atoms in total. The summed E-state index contributed by atoms with van der Waals surface area (Å²) in [6.07, 6.45) is -2.29. The molecular weight excluding hydrogens is 341 g/mol. The minimum absolute atomic E-state index is 0.387. The van der Waals surface area contributed by atoms with Crippen LogP contribution in [0, 0.1) is 12.7 Å². The number of rotatable bonds is 3. The molecule has 0 unspecified atom stereocenters. The van der Waals surface area contributed by atoms with E-state index in [4.69, 9.17) is 14.2 Å². The second-order valence-corrected chi connectivity index (χ2v) is 5.85. The van der Waals surface area contributed by atoms with Gasteiger partial charge in [0.15, 0.2) is 0 Å². The molecule has 26 heavy (non-hydrogen) atoms. The molecule has 2 aromatic carbocycles. The maximum Gasteiger partial charge on any atom is 0.305 e. The highest BCUT2D eigenvalue weighted by Gasteiger charge is 2.34. The SMILES string of the molecule is COc1cccc([C@H]2O[C@H](OC(C)=O)C(=O)Nc3ccc(F)cc32)c1C. The smallest absolute Gasteiger partial charge is 0.305 e. The van der Waals surface area contributed by atoms with E-state index in [0.717, 1.165) is 5.56 Å². The van der Waals surface area contributed by atoms with Gasteiger partial charge in [0.2, 0.25) is 0 Å². The van der Waals surface area contributed by atoms with E-state index in [1.807, 2.05) is 6.92 Å². The molecule has 1 N–H and O–H groups in total. The molecule has 7 heteroatoms. The molecule has 0 aliphatic carbocycles. The van der Waals surface area contributed by atoms with Gasteiger partial charge in [0.25, 0.3) is 12.2 Å². The topological polar surface area (TPSA) is 73.9 Å². The average Bonchev–Trinajstić information content (AvgIpc) is 2.72. The molecule has 1 aliphatic heterocycles. The highest BCUT2D eigenvalue weighted by atomic mass is 19.1. The maximum atomic E-state index is 13.9. The first-order chi connectivity index (χ1) is 12.4. The minimum Gasteiger partial charge on any atom is -0.496 e. The van der Waals surface area contributed by atoms with Crippen LogP contribution in [0.1, 0.15) is 29.7 Å². The molecule has 1 heterocycles. The Labute approximate surface area is 149 Å². The molecule has 0 fully saturated rings. The number of amides is 1. The Hall–Kier alpha value is -2.93. The lowest BCUT2D eigenvalue weighted by Crippen LogP contribution is -2.33. The Morgan fingerprint density at radius 2 is 2.00 bits per heavy atom. The molecule has 136 valence electrons. The van der Waals surface area contributed by atoms with Crippen molar-refractivity contribution in [2.24, 2.45) is 0 Å². The number of anilines is 1. The van der Waals surface area contributed by atoms with Crippen LogP contribution in [0.3, 0.4) is 0 Å². The largest absolute Gasteiger partial charge is 0.496 e. The number of methoxy groups -OCH3 is 1. The van der Waals surface area contributed by atoms with Crippen molar-refractivity contribution >= 4 is 17.6 Å². The number of nitrogens with one attached hydrogen (secondary N) is 1. The highest BCUT2D eigenvalue weighted by Crippen LogP contribution is 2.39. The lowest BCUT2D eigenvalue weighted by Gasteiger charge is -2.23. The second-order valence-electron chi connectivity index (χ2n) is 5.85. The molecule has 0 bridgehead atoms. The number of carbonyl (C=O) groups excluding carboxylic acids is 2. The molecule has 3 rings (SSSR count). The number of ether oxygens (including phenoxy) is 3. The van der Waals surface area contributed by atoms with E-state index in [9.17, 15) is 14.0 Å². The van der Waals surface area contributed by atoms with E-state index in [0.29, 0.717) is 22.6 Å². The van der Waals surface area contributed by atoms with Crippen LogP contribution in [0.2, 0.25) is 0 Å². The van der Waals surface area contributed by atoms with E-state index < -0.39 is 30.1 Å². The number of hydrogen-bond donors (Lipinski definition) is 1. The fourth-order valence-electron chi connectivity index (χ4n) is 2.92. The molecule has 1 amide bonds. The van der Waals surface area contributed by atoms with E-state index in [1.54, 1.807) is 25.3 Å². The Bertz CT molecular complexity index is 867. The average molecular weight is 359 g/mol. The van der Waals surface area contributed by atoms with Gasteiger partial charge in [-0.2, -0.15) is 0 Å². The minimum atomic E-state index is -1.46. The number of benzene rings is 2. The number of esters is 1. The normalized spacial score (nSPS) is 19.2. The van der Waals surface area contributed by atoms with Crippen LogP contribution in [0.25, 0.3) is 0 Å². The Morgan fingerprint density at radius 3 is 2.69 bits per heavy atom. The summed E-state index contributed by atoms with van der Waals surface area (Å²) in [6.45, 7) is 3.01. The van der Waals surface area contributed by atoms with Gasteiger partial charge in [0.1, 0.15) is 17.7 Å². The van der Waals surface area contributed by atoms with Crippen molar-refractivity contribution in [3.63, 3.8) is 0 Å².